The molecule has 0 radical (unpaired) electrons. The Balaban J connectivity index is 1.56. The fourth-order valence-electron chi connectivity index (χ4n) is 4.23. The van der Waals surface area contributed by atoms with Crippen molar-refractivity contribution in [2.24, 2.45) is 5.92 Å². The number of nitrogens with zero attached hydrogens (tertiary/aromatic N) is 3. The van der Waals surface area contributed by atoms with Crippen LogP contribution in [0.25, 0.3) is 20.8 Å². The van der Waals surface area contributed by atoms with Crippen LogP contribution in [-0.2, 0) is 4.74 Å². The number of benzene rings is 1. The Labute approximate surface area is 177 Å². The fraction of sp³-hybridized carbons (Fsp3) is 0.476. The molecule has 30 heavy (non-hydrogen) atoms. The second kappa shape index (κ2) is 8.33. The summed E-state index contributed by atoms with van der Waals surface area (Å²) in [7, 11) is 0. The number of morpholine rings is 1. The topological polar surface area (TPSA) is 103 Å². The number of hydrogen-bond acceptors (Lipinski definition) is 8. The normalized spacial score (nSPS) is 22.0. The molecule has 158 valence electrons. The lowest BCUT2D eigenvalue weighted by Crippen LogP contribution is -2.38. The summed E-state index contributed by atoms with van der Waals surface area (Å²) in [6.45, 7) is 2.82. The van der Waals surface area contributed by atoms with E-state index in [4.69, 9.17) is 14.7 Å². The van der Waals surface area contributed by atoms with Crippen LogP contribution in [0.15, 0.2) is 29.1 Å². The molecule has 1 aliphatic heterocycles. The van der Waals surface area contributed by atoms with Gasteiger partial charge in [-0.2, -0.15) is 4.98 Å². The van der Waals surface area contributed by atoms with Crippen molar-refractivity contribution in [2.45, 2.75) is 25.3 Å². The number of rotatable bonds is 5. The van der Waals surface area contributed by atoms with Crippen LogP contribution in [0.2, 0.25) is 0 Å². The van der Waals surface area contributed by atoms with E-state index in [1.54, 1.807) is 0 Å². The van der Waals surface area contributed by atoms with Crippen molar-refractivity contribution in [1.29, 1.82) is 0 Å². The van der Waals surface area contributed by atoms with Crippen LogP contribution < -0.4 is 15.8 Å². The van der Waals surface area contributed by atoms with Gasteiger partial charge in [0.15, 0.2) is 0 Å². The van der Waals surface area contributed by atoms with Crippen molar-refractivity contribution in [3.05, 3.63) is 34.6 Å². The molecule has 2 atom stereocenters. The van der Waals surface area contributed by atoms with Gasteiger partial charge < -0.3 is 20.1 Å². The molecule has 3 aromatic rings. The van der Waals surface area contributed by atoms with Crippen molar-refractivity contribution in [3.63, 3.8) is 0 Å². The van der Waals surface area contributed by atoms with Crippen LogP contribution in [0.4, 0.5) is 11.8 Å². The third kappa shape index (κ3) is 3.80. The summed E-state index contributed by atoms with van der Waals surface area (Å²) in [5, 5.41) is 13.7. The highest BCUT2D eigenvalue weighted by molar-refractivity contribution is 7.21. The maximum absolute atomic E-state index is 13.2. The minimum absolute atomic E-state index is 0.183. The first-order valence-corrected chi connectivity index (χ1v) is 11.2. The van der Waals surface area contributed by atoms with Crippen LogP contribution in [0.5, 0.6) is 0 Å². The van der Waals surface area contributed by atoms with Gasteiger partial charge in [0, 0.05) is 25.7 Å². The van der Waals surface area contributed by atoms with E-state index in [9.17, 15) is 9.90 Å². The Morgan fingerprint density at radius 1 is 1.23 bits per heavy atom. The Hall–Kier alpha value is -2.49. The zero-order valence-corrected chi connectivity index (χ0v) is 17.5. The van der Waals surface area contributed by atoms with E-state index in [0.717, 1.165) is 29.5 Å². The molecule has 2 fully saturated rings. The van der Waals surface area contributed by atoms with Crippen molar-refractivity contribution in [3.8, 4) is 10.6 Å². The predicted octanol–water partition coefficient (Wildman–Crippen LogP) is 2.46. The average Bonchev–Trinajstić information content (AvgIpc) is 3.40. The van der Waals surface area contributed by atoms with E-state index in [-0.39, 0.29) is 18.2 Å². The molecule has 1 aliphatic carbocycles. The zero-order valence-electron chi connectivity index (χ0n) is 16.6. The summed E-state index contributed by atoms with van der Waals surface area (Å²) in [6, 6.07) is 8.07. The highest BCUT2D eigenvalue weighted by Gasteiger charge is 2.27. The highest BCUT2D eigenvalue weighted by atomic mass is 32.1. The fourth-order valence-corrected chi connectivity index (χ4v) is 5.24. The van der Waals surface area contributed by atoms with E-state index >= 15 is 0 Å². The Kier molecular flexibility index (Phi) is 5.41. The number of H-pyrrole nitrogens is 1. The van der Waals surface area contributed by atoms with Crippen LogP contribution in [0, 0.1) is 5.92 Å². The summed E-state index contributed by atoms with van der Waals surface area (Å²) >= 11 is 1.50. The highest BCUT2D eigenvalue weighted by Crippen LogP contribution is 2.34. The van der Waals surface area contributed by atoms with Gasteiger partial charge in [0.2, 0.25) is 5.95 Å². The standard InChI is InChI=1S/C21H25N5O3S/c27-12-13-5-6-14(11-13)22-18-17(20-23-15-3-1-2-4-16(15)30-20)19(28)25-21(24-18)26-7-9-29-10-8-26/h1-4,13-14,27H,5-12H2,(H2,22,24,25,28). The molecular weight excluding hydrogens is 402 g/mol. The number of fused-ring (bicyclic) bond motifs is 1. The number of aromatic nitrogens is 3. The Bertz CT molecular complexity index is 1060. The van der Waals surface area contributed by atoms with E-state index in [2.05, 4.69) is 10.3 Å². The lowest BCUT2D eigenvalue weighted by Gasteiger charge is -2.28. The first kappa shape index (κ1) is 19.5. The van der Waals surface area contributed by atoms with Crippen molar-refractivity contribution >= 4 is 33.3 Å². The largest absolute Gasteiger partial charge is 0.396 e. The number of aliphatic hydroxyl groups excluding tert-OH is 1. The van der Waals surface area contributed by atoms with Crippen molar-refractivity contribution in [1.82, 2.24) is 15.0 Å². The smallest absolute Gasteiger partial charge is 0.264 e. The zero-order chi connectivity index (χ0) is 20.5. The molecule has 9 heteroatoms. The molecular formula is C21H25N5O3S. The van der Waals surface area contributed by atoms with Crippen molar-refractivity contribution in [2.75, 3.05) is 43.1 Å². The second-order valence-electron chi connectivity index (χ2n) is 7.90. The van der Waals surface area contributed by atoms with Gasteiger partial charge in [-0.05, 0) is 37.3 Å². The maximum atomic E-state index is 13.2. The third-order valence-electron chi connectivity index (χ3n) is 5.87. The molecule has 2 aromatic heterocycles. The number of anilines is 2. The lowest BCUT2D eigenvalue weighted by molar-refractivity contribution is 0.122. The minimum Gasteiger partial charge on any atom is -0.396 e. The number of nitrogens with one attached hydrogen (secondary N) is 2. The van der Waals surface area contributed by atoms with Crippen LogP contribution >= 0.6 is 11.3 Å². The van der Waals surface area contributed by atoms with E-state index in [0.29, 0.717) is 54.6 Å². The molecule has 2 unspecified atom stereocenters. The molecule has 3 heterocycles. The van der Waals surface area contributed by atoms with Gasteiger partial charge in [-0.25, -0.2) is 4.98 Å². The monoisotopic (exact) mass is 427 g/mol. The second-order valence-corrected chi connectivity index (χ2v) is 8.93. The molecule has 1 aromatic carbocycles. The SMILES string of the molecule is O=c1[nH]c(N2CCOCC2)nc(NC2CCC(CO)C2)c1-c1nc2ccccc2s1. The van der Waals surface area contributed by atoms with Gasteiger partial charge in [0.1, 0.15) is 16.4 Å². The summed E-state index contributed by atoms with van der Waals surface area (Å²) in [6.07, 6.45) is 2.80. The van der Waals surface area contributed by atoms with E-state index < -0.39 is 0 Å². The summed E-state index contributed by atoms with van der Waals surface area (Å²) < 4.78 is 6.47. The lowest BCUT2D eigenvalue weighted by atomic mass is 10.1. The number of hydrogen-bond donors (Lipinski definition) is 3. The molecule has 8 nitrogen and oxygen atoms in total. The third-order valence-corrected chi connectivity index (χ3v) is 6.92. The molecule has 0 amide bonds. The number of aromatic amines is 1. The molecule has 2 aliphatic rings. The van der Waals surface area contributed by atoms with Gasteiger partial charge in [0.25, 0.3) is 5.56 Å². The van der Waals surface area contributed by atoms with Crippen LogP contribution in [0.3, 0.4) is 0 Å². The molecule has 1 saturated carbocycles. The molecule has 3 N–H and O–H groups in total. The van der Waals surface area contributed by atoms with E-state index in [1.807, 2.05) is 29.2 Å². The van der Waals surface area contributed by atoms with Gasteiger partial charge >= 0.3 is 0 Å². The number of para-hydroxylation sites is 1. The van der Waals surface area contributed by atoms with Crippen molar-refractivity contribution < 1.29 is 9.84 Å². The number of ether oxygens (including phenoxy) is 1. The van der Waals surface area contributed by atoms with Gasteiger partial charge in [-0.15, -0.1) is 11.3 Å². The van der Waals surface area contributed by atoms with Gasteiger partial charge in [0.05, 0.1) is 23.4 Å². The quantitative estimate of drug-likeness (QED) is 0.575. The minimum atomic E-state index is -0.190. The summed E-state index contributed by atoms with van der Waals surface area (Å²) in [5.41, 5.74) is 1.17. The predicted molar refractivity (Wildman–Crippen MR) is 118 cm³/mol. The Morgan fingerprint density at radius 3 is 2.83 bits per heavy atom. The van der Waals surface area contributed by atoms with Gasteiger partial charge in [-0.1, -0.05) is 12.1 Å². The molecule has 1 saturated heterocycles. The summed E-state index contributed by atoms with van der Waals surface area (Å²) in [5.74, 6) is 1.43. The molecule has 0 spiro atoms. The Morgan fingerprint density at radius 2 is 2.07 bits per heavy atom. The van der Waals surface area contributed by atoms with Gasteiger partial charge in [-0.3, -0.25) is 9.78 Å². The average molecular weight is 428 g/mol. The van der Waals surface area contributed by atoms with Crippen LogP contribution in [0.1, 0.15) is 19.3 Å². The van der Waals surface area contributed by atoms with E-state index in [1.165, 1.54) is 11.3 Å². The molecule has 5 rings (SSSR count). The maximum Gasteiger partial charge on any atom is 0.264 e. The summed E-state index contributed by atoms with van der Waals surface area (Å²) in [4.78, 5) is 27.7. The first-order valence-electron chi connectivity index (χ1n) is 10.4. The van der Waals surface area contributed by atoms with Crippen LogP contribution in [-0.4, -0.2) is 59.0 Å². The number of thiazole rings is 1. The molecule has 0 bridgehead atoms. The number of aliphatic hydroxyl groups is 1. The first-order chi connectivity index (χ1) is 14.7.